The van der Waals surface area contributed by atoms with Crippen LogP contribution in [-0.4, -0.2) is 41.2 Å². The summed E-state index contributed by atoms with van der Waals surface area (Å²) in [5, 5.41) is 37.1. The second-order valence-corrected chi connectivity index (χ2v) is 5.87. The summed E-state index contributed by atoms with van der Waals surface area (Å²) in [5.74, 6) is -1.77. The number of nitrogens with zero attached hydrogens (tertiary/aromatic N) is 2. The zero-order valence-electron chi connectivity index (χ0n) is 17.1. The van der Waals surface area contributed by atoms with Gasteiger partial charge in [-0.1, -0.05) is 23.3 Å². The molecule has 8 nitrogen and oxygen atoms in total. The van der Waals surface area contributed by atoms with E-state index in [-0.39, 0.29) is 34.9 Å². The van der Waals surface area contributed by atoms with Gasteiger partial charge in [0.2, 0.25) is 0 Å². The molecule has 0 bridgehead atoms. The number of aromatic hydroxyl groups is 2. The Hall–Kier alpha value is -3.17. The largest absolute Gasteiger partial charge is 2.00 e. The Morgan fingerprint density at radius 2 is 1.13 bits per heavy atom. The normalized spacial score (nSPS) is 9.73. The van der Waals surface area contributed by atoms with Crippen molar-refractivity contribution in [1.82, 2.24) is 0 Å². The standard InChI is InChI=1S/C17H18N2O2.2C2H4O2.Co/c1-12-3-5-16(20)14(7-12)9-18-11-19-10-15-8-13(2)4-6-17(15)21;2*1-2(3)4;/h3-10,20-21H,11H2,1-2H3;2*1H3,(H,3,4);/q;;;+2/p-2. The molecule has 0 spiro atoms. The van der Waals surface area contributed by atoms with E-state index < -0.39 is 11.9 Å². The third-order valence-corrected chi connectivity index (χ3v) is 2.99. The summed E-state index contributed by atoms with van der Waals surface area (Å²) in [4.78, 5) is 26.1. The first-order valence-corrected chi connectivity index (χ1v) is 8.47. The Morgan fingerprint density at radius 3 is 1.43 bits per heavy atom. The maximum absolute atomic E-state index is 9.67. The number of carbonyl (C=O) groups excluding carboxylic acids is 2. The van der Waals surface area contributed by atoms with Gasteiger partial charge in [-0.2, -0.15) is 0 Å². The molecule has 1 radical (unpaired) electrons. The number of hydrogen-bond donors (Lipinski definition) is 2. The van der Waals surface area contributed by atoms with Crippen LogP contribution in [0.5, 0.6) is 11.5 Å². The monoisotopic (exact) mass is 459 g/mol. The summed E-state index contributed by atoms with van der Waals surface area (Å²) >= 11 is 0. The molecule has 0 saturated heterocycles. The van der Waals surface area contributed by atoms with Crippen molar-refractivity contribution < 1.29 is 46.8 Å². The fraction of sp³-hybridized carbons (Fsp3) is 0.238. The Morgan fingerprint density at radius 1 is 0.833 bits per heavy atom. The Bertz CT molecular complexity index is 802. The zero-order chi connectivity index (χ0) is 22.4. The Kier molecular flexibility index (Phi) is 15.2. The van der Waals surface area contributed by atoms with Crippen molar-refractivity contribution in [3.05, 3.63) is 58.7 Å². The summed E-state index contributed by atoms with van der Waals surface area (Å²) in [6.45, 7) is 6.09. The summed E-state index contributed by atoms with van der Waals surface area (Å²) in [5.41, 5.74) is 3.46. The molecule has 0 aromatic heterocycles. The SMILES string of the molecule is CC(=O)[O-].CC(=O)[O-].Cc1ccc(O)c(C=NCN=Cc2cc(C)ccc2O)c1.[Co+2]. The molecule has 2 aromatic carbocycles. The predicted molar refractivity (Wildman–Crippen MR) is 107 cm³/mol. The van der Waals surface area contributed by atoms with Crippen LogP contribution < -0.4 is 10.2 Å². The molecule has 0 aliphatic carbocycles. The predicted octanol–water partition coefficient (Wildman–Crippen LogP) is 0.720. The topological polar surface area (TPSA) is 145 Å². The van der Waals surface area contributed by atoms with Gasteiger partial charge in [-0.05, 0) is 52.0 Å². The molecule has 0 fully saturated rings. The van der Waals surface area contributed by atoms with E-state index in [9.17, 15) is 10.2 Å². The van der Waals surface area contributed by atoms with Crippen LogP contribution in [0.2, 0.25) is 0 Å². The molecule has 2 aromatic rings. The number of carboxylic acids is 2. The summed E-state index contributed by atoms with van der Waals surface area (Å²) < 4.78 is 0. The van der Waals surface area contributed by atoms with E-state index in [1.807, 2.05) is 38.1 Å². The van der Waals surface area contributed by atoms with Gasteiger partial charge in [0.15, 0.2) is 0 Å². The van der Waals surface area contributed by atoms with Gasteiger partial charge < -0.3 is 30.0 Å². The second-order valence-electron chi connectivity index (χ2n) is 5.87. The van der Waals surface area contributed by atoms with Crippen LogP contribution >= 0.6 is 0 Å². The van der Waals surface area contributed by atoms with Crippen molar-refractivity contribution in [3.8, 4) is 11.5 Å². The van der Waals surface area contributed by atoms with Crippen molar-refractivity contribution in [3.63, 3.8) is 0 Å². The number of benzene rings is 2. The fourth-order valence-electron chi connectivity index (χ4n) is 1.88. The Labute approximate surface area is 185 Å². The van der Waals surface area contributed by atoms with Gasteiger partial charge in [0, 0.05) is 35.5 Å². The zero-order valence-corrected chi connectivity index (χ0v) is 18.1. The number of rotatable bonds is 4. The molecule has 9 heteroatoms. The van der Waals surface area contributed by atoms with Gasteiger partial charge in [-0.3, -0.25) is 9.98 Å². The van der Waals surface area contributed by atoms with E-state index in [0.717, 1.165) is 25.0 Å². The molecule has 2 N–H and O–H groups in total. The summed E-state index contributed by atoms with van der Waals surface area (Å²) in [7, 11) is 0. The van der Waals surface area contributed by atoms with Gasteiger partial charge in [0.05, 0.1) is 0 Å². The van der Waals surface area contributed by atoms with Crippen LogP contribution in [0, 0.1) is 13.8 Å². The van der Waals surface area contributed by atoms with Crippen LogP contribution in [0.4, 0.5) is 0 Å². The molecule has 2 rings (SSSR count). The van der Waals surface area contributed by atoms with Crippen molar-refractivity contribution in [2.75, 3.05) is 6.67 Å². The minimum Gasteiger partial charge on any atom is -0.550 e. The molecule has 30 heavy (non-hydrogen) atoms. The van der Waals surface area contributed by atoms with Crippen molar-refractivity contribution in [1.29, 1.82) is 0 Å². The summed E-state index contributed by atoms with van der Waals surface area (Å²) in [6.07, 6.45) is 3.19. The smallest absolute Gasteiger partial charge is 0.550 e. The maximum Gasteiger partial charge on any atom is 2.00 e. The van der Waals surface area contributed by atoms with Crippen molar-refractivity contribution in [2.45, 2.75) is 27.7 Å². The van der Waals surface area contributed by atoms with E-state index in [2.05, 4.69) is 9.98 Å². The minimum absolute atomic E-state index is 0. The third kappa shape index (κ3) is 14.8. The molecular weight excluding hydrogens is 435 g/mol. The first-order valence-electron chi connectivity index (χ1n) is 8.47. The van der Waals surface area contributed by atoms with E-state index in [0.29, 0.717) is 11.1 Å². The second kappa shape index (κ2) is 15.7. The quantitative estimate of drug-likeness (QED) is 0.645. The van der Waals surface area contributed by atoms with E-state index >= 15 is 0 Å². The molecule has 0 amide bonds. The van der Waals surface area contributed by atoms with Crippen LogP contribution in [0.25, 0.3) is 0 Å². The number of aliphatic imine (C=N–C) groups is 2. The van der Waals surface area contributed by atoms with Gasteiger partial charge >= 0.3 is 16.8 Å². The van der Waals surface area contributed by atoms with Crippen molar-refractivity contribution >= 4 is 24.4 Å². The van der Waals surface area contributed by atoms with Crippen LogP contribution in [0.15, 0.2) is 46.4 Å². The maximum atomic E-state index is 9.67. The number of phenols is 2. The van der Waals surface area contributed by atoms with E-state index in [4.69, 9.17) is 19.8 Å². The van der Waals surface area contributed by atoms with Crippen LogP contribution in [0.3, 0.4) is 0 Å². The van der Waals surface area contributed by atoms with Gasteiger partial charge in [-0.25, -0.2) is 0 Å². The molecule has 0 saturated carbocycles. The summed E-state index contributed by atoms with van der Waals surface area (Å²) in [6, 6.07) is 10.7. The number of phenolic OH excluding ortho intramolecular Hbond substituents is 2. The Balaban J connectivity index is 0. The molecule has 0 atom stereocenters. The van der Waals surface area contributed by atoms with E-state index in [1.165, 1.54) is 0 Å². The average Bonchev–Trinajstić information content (AvgIpc) is 2.59. The first kappa shape index (κ1) is 29.0. The first-order chi connectivity index (χ1) is 13.5. The molecule has 0 unspecified atom stereocenters. The van der Waals surface area contributed by atoms with Gasteiger partial charge in [-0.15, -0.1) is 0 Å². The minimum atomic E-state index is -1.08. The fourth-order valence-corrected chi connectivity index (χ4v) is 1.88. The molecular formula is C21H24CoN2O6. The number of aryl methyl sites for hydroxylation is 2. The number of carboxylic acid groups (broad SMARTS) is 2. The molecule has 0 aliphatic rings. The third-order valence-electron chi connectivity index (χ3n) is 2.99. The van der Waals surface area contributed by atoms with E-state index in [1.54, 1.807) is 24.6 Å². The number of hydrogen-bond acceptors (Lipinski definition) is 8. The number of carbonyl (C=O) groups is 2. The van der Waals surface area contributed by atoms with Crippen molar-refractivity contribution in [2.24, 2.45) is 9.98 Å². The van der Waals surface area contributed by atoms with Gasteiger partial charge in [0.25, 0.3) is 0 Å². The molecule has 0 aliphatic heterocycles. The number of aliphatic carboxylic acids is 2. The molecule has 0 heterocycles. The average molecular weight is 459 g/mol. The molecule has 163 valence electrons. The van der Waals surface area contributed by atoms with Crippen LogP contribution in [-0.2, 0) is 26.4 Å². The van der Waals surface area contributed by atoms with Gasteiger partial charge in [0.1, 0.15) is 18.2 Å². The van der Waals surface area contributed by atoms with Crippen LogP contribution in [0.1, 0.15) is 36.1 Å².